The number of anilines is 1. The quantitative estimate of drug-likeness (QED) is 0.235. The molecule has 0 radical (unpaired) electrons. The summed E-state index contributed by atoms with van der Waals surface area (Å²) in [7, 11) is 1.94. The number of allylic oxidation sites excluding steroid dienone is 1. The molecule has 0 aliphatic carbocycles. The van der Waals surface area contributed by atoms with E-state index in [2.05, 4.69) is 26.8 Å². The smallest absolute Gasteiger partial charge is 0.331 e. The Balaban J connectivity index is 1.60. The zero-order chi connectivity index (χ0) is 25.4. The Morgan fingerprint density at radius 3 is 2.51 bits per heavy atom. The summed E-state index contributed by atoms with van der Waals surface area (Å²) in [5.74, 6) is 0.466. The summed E-state index contributed by atoms with van der Waals surface area (Å²) in [6.07, 6.45) is 6.53. The van der Waals surface area contributed by atoms with Gasteiger partial charge in [0.1, 0.15) is 0 Å². The van der Waals surface area contributed by atoms with Crippen molar-refractivity contribution in [3.05, 3.63) is 71.4 Å². The van der Waals surface area contributed by atoms with E-state index in [9.17, 15) is 9.59 Å². The Kier molecular flexibility index (Phi) is 8.74. The highest BCUT2D eigenvalue weighted by Crippen LogP contribution is 2.46. The average molecular weight is 478 g/mol. The van der Waals surface area contributed by atoms with Gasteiger partial charge >= 0.3 is 5.97 Å². The van der Waals surface area contributed by atoms with Crippen LogP contribution in [-0.2, 0) is 19.7 Å². The highest BCUT2D eigenvalue weighted by Gasteiger charge is 2.38. The average Bonchev–Trinajstić information content (AvgIpc) is 3.03. The number of hydrogen-bond acceptors (Lipinski definition) is 6. The summed E-state index contributed by atoms with van der Waals surface area (Å²) in [4.78, 5) is 26.8. The second kappa shape index (κ2) is 11.7. The van der Waals surface area contributed by atoms with Crippen LogP contribution in [0.2, 0.25) is 0 Å². The fourth-order valence-corrected chi connectivity index (χ4v) is 4.15. The number of carbonyl (C=O) groups excluding carboxylic acids is 2. The van der Waals surface area contributed by atoms with Crippen LogP contribution in [0.3, 0.4) is 0 Å². The van der Waals surface area contributed by atoms with E-state index in [-0.39, 0.29) is 17.8 Å². The number of hydrogen-bond donors (Lipinski definition) is 0. The van der Waals surface area contributed by atoms with Gasteiger partial charge in [-0.05, 0) is 48.7 Å². The Hall–Kier alpha value is -3.54. The maximum atomic E-state index is 12.6. The maximum Gasteiger partial charge on any atom is 0.331 e. The number of rotatable bonds is 11. The summed E-state index contributed by atoms with van der Waals surface area (Å²) in [5, 5.41) is 0. The summed E-state index contributed by atoms with van der Waals surface area (Å²) in [6.45, 7) is 9.00. The van der Waals surface area contributed by atoms with Crippen molar-refractivity contribution in [1.29, 1.82) is 0 Å². The van der Waals surface area contributed by atoms with Crippen LogP contribution in [0, 0.1) is 0 Å². The van der Waals surface area contributed by atoms with Crippen LogP contribution in [0.25, 0.3) is 6.08 Å². The molecule has 2 aromatic rings. The van der Waals surface area contributed by atoms with Crippen molar-refractivity contribution in [1.82, 2.24) is 0 Å². The largest absolute Gasteiger partial charge is 0.490 e. The number of esters is 1. The van der Waals surface area contributed by atoms with Gasteiger partial charge in [0.15, 0.2) is 23.9 Å². The Bertz CT molecular complexity index is 1120. The van der Waals surface area contributed by atoms with Crippen molar-refractivity contribution in [2.24, 2.45) is 0 Å². The lowest BCUT2D eigenvalue weighted by Gasteiger charge is -2.23. The maximum absolute atomic E-state index is 12.6. The third-order valence-corrected chi connectivity index (χ3v) is 6.03. The number of para-hydroxylation sites is 1. The van der Waals surface area contributed by atoms with Crippen molar-refractivity contribution in [3.8, 4) is 11.5 Å². The molecule has 0 atom stereocenters. The molecule has 6 heteroatoms. The van der Waals surface area contributed by atoms with Gasteiger partial charge in [0.25, 0.3) is 0 Å². The molecule has 0 fully saturated rings. The number of ether oxygens (including phenoxy) is 3. The first kappa shape index (κ1) is 26.1. The number of benzene rings is 2. The molecule has 35 heavy (non-hydrogen) atoms. The number of fused-ring (bicyclic) bond motifs is 1. The van der Waals surface area contributed by atoms with Gasteiger partial charge < -0.3 is 19.1 Å². The molecule has 2 aromatic carbocycles. The lowest BCUT2D eigenvalue weighted by Crippen LogP contribution is -2.25. The van der Waals surface area contributed by atoms with Crippen LogP contribution < -0.4 is 14.4 Å². The van der Waals surface area contributed by atoms with E-state index in [1.165, 1.54) is 6.08 Å². The van der Waals surface area contributed by atoms with Crippen LogP contribution in [0.15, 0.2) is 60.3 Å². The third-order valence-electron chi connectivity index (χ3n) is 6.03. The van der Waals surface area contributed by atoms with Crippen molar-refractivity contribution in [2.75, 3.05) is 31.8 Å². The topological polar surface area (TPSA) is 65.1 Å². The normalized spacial score (nSPS) is 15.3. The second-order valence-corrected chi connectivity index (χ2v) is 8.98. The van der Waals surface area contributed by atoms with Gasteiger partial charge in [0.2, 0.25) is 0 Å². The molecule has 0 unspecified atom stereocenters. The molecule has 0 saturated carbocycles. The summed E-state index contributed by atoms with van der Waals surface area (Å²) >= 11 is 0. The van der Waals surface area contributed by atoms with Gasteiger partial charge in [-0.15, -0.1) is 0 Å². The number of ketones is 1. The van der Waals surface area contributed by atoms with Gasteiger partial charge in [0, 0.05) is 36.0 Å². The lowest BCUT2D eigenvalue weighted by molar-refractivity contribution is -0.141. The standard InChI is InChI=1S/C29H35NO5/c1-6-8-17-34-25-15-13-21(18-26(25)33-7-2)14-16-28(32)35-20-22(31)19-27-29(3,4)23-11-9-10-12-24(23)30(27)5/h9-16,18-19H,6-8,17,20H2,1-5H3. The molecule has 1 aliphatic rings. The Morgan fingerprint density at radius 1 is 1.03 bits per heavy atom. The van der Waals surface area contributed by atoms with Crippen LogP contribution in [0.4, 0.5) is 5.69 Å². The minimum Gasteiger partial charge on any atom is -0.490 e. The van der Waals surface area contributed by atoms with Gasteiger partial charge in [-0.1, -0.05) is 51.5 Å². The van der Waals surface area contributed by atoms with Crippen LogP contribution in [0.1, 0.15) is 51.7 Å². The van der Waals surface area contributed by atoms with E-state index in [1.54, 1.807) is 12.2 Å². The molecule has 6 nitrogen and oxygen atoms in total. The highest BCUT2D eigenvalue weighted by atomic mass is 16.5. The predicted octanol–water partition coefficient (Wildman–Crippen LogP) is 5.70. The van der Waals surface area contributed by atoms with E-state index in [1.807, 2.05) is 55.3 Å². The monoisotopic (exact) mass is 477 g/mol. The van der Waals surface area contributed by atoms with Gasteiger partial charge in [-0.2, -0.15) is 0 Å². The van der Waals surface area contributed by atoms with Crippen molar-refractivity contribution in [3.63, 3.8) is 0 Å². The van der Waals surface area contributed by atoms with Gasteiger partial charge in [-0.3, -0.25) is 4.79 Å². The van der Waals surface area contributed by atoms with Crippen molar-refractivity contribution in [2.45, 2.75) is 46.0 Å². The number of carbonyl (C=O) groups is 2. The summed E-state index contributed by atoms with van der Waals surface area (Å²) < 4.78 is 16.7. The van der Waals surface area contributed by atoms with Crippen molar-refractivity contribution >= 4 is 23.5 Å². The van der Waals surface area contributed by atoms with Crippen molar-refractivity contribution < 1.29 is 23.8 Å². The minimum absolute atomic E-state index is 0.262. The van der Waals surface area contributed by atoms with E-state index in [0.717, 1.165) is 35.4 Å². The molecule has 1 heterocycles. The summed E-state index contributed by atoms with van der Waals surface area (Å²) in [6, 6.07) is 13.6. The number of nitrogens with zero attached hydrogens (tertiary/aromatic N) is 1. The van der Waals surface area contributed by atoms with E-state index in [4.69, 9.17) is 14.2 Å². The van der Waals surface area contributed by atoms with E-state index < -0.39 is 5.97 Å². The first-order chi connectivity index (χ1) is 16.8. The zero-order valence-corrected chi connectivity index (χ0v) is 21.3. The zero-order valence-electron chi connectivity index (χ0n) is 21.3. The highest BCUT2D eigenvalue weighted by molar-refractivity contribution is 5.96. The summed E-state index contributed by atoms with van der Waals surface area (Å²) in [5.41, 5.74) is 3.57. The molecule has 0 aromatic heterocycles. The lowest BCUT2D eigenvalue weighted by atomic mass is 9.83. The van der Waals surface area contributed by atoms with Gasteiger partial charge in [-0.25, -0.2) is 4.79 Å². The molecule has 0 amide bonds. The predicted molar refractivity (Wildman–Crippen MR) is 139 cm³/mol. The number of unbranched alkanes of at least 4 members (excludes halogenated alkanes) is 1. The first-order valence-electron chi connectivity index (χ1n) is 12.1. The fourth-order valence-electron chi connectivity index (χ4n) is 4.15. The Labute approximate surface area is 208 Å². The minimum atomic E-state index is -0.583. The first-order valence-corrected chi connectivity index (χ1v) is 12.1. The molecule has 186 valence electrons. The van der Waals surface area contributed by atoms with Crippen LogP contribution in [0.5, 0.6) is 11.5 Å². The number of likely N-dealkylation sites (N-methyl/N-ethyl adjacent to an activating group) is 1. The molecule has 1 aliphatic heterocycles. The SMILES string of the molecule is CCCCOc1ccc(C=CC(=O)OCC(=O)C=C2N(C)c3ccccc3C2(C)C)cc1OCC. The van der Waals surface area contributed by atoms with Crippen LogP contribution >= 0.6 is 0 Å². The fraction of sp³-hybridized carbons (Fsp3) is 0.379. The molecular weight excluding hydrogens is 442 g/mol. The molecule has 0 bridgehead atoms. The van der Waals surface area contributed by atoms with Crippen LogP contribution in [-0.4, -0.2) is 38.6 Å². The Morgan fingerprint density at radius 2 is 1.80 bits per heavy atom. The molecule has 3 rings (SSSR count). The van der Waals surface area contributed by atoms with E-state index in [0.29, 0.717) is 24.7 Å². The molecular formula is C29H35NO5. The molecule has 0 N–H and O–H groups in total. The molecule has 0 spiro atoms. The second-order valence-electron chi connectivity index (χ2n) is 8.98. The van der Waals surface area contributed by atoms with E-state index >= 15 is 0 Å². The molecule has 0 saturated heterocycles. The van der Waals surface area contributed by atoms with Gasteiger partial charge in [0.05, 0.1) is 13.2 Å². The third kappa shape index (κ3) is 6.32.